The summed E-state index contributed by atoms with van der Waals surface area (Å²) >= 11 is 0. The van der Waals surface area contributed by atoms with E-state index >= 15 is 0 Å². The molecule has 0 aromatic carbocycles. The minimum absolute atomic E-state index is 0.00391. The van der Waals surface area contributed by atoms with Crippen LogP contribution < -0.4 is 5.32 Å². The zero-order valence-corrected chi connectivity index (χ0v) is 10.4. The van der Waals surface area contributed by atoms with Crippen molar-refractivity contribution in [2.24, 2.45) is 5.92 Å². The van der Waals surface area contributed by atoms with Gasteiger partial charge in [0.1, 0.15) is 5.82 Å². The van der Waals surface area contributed by atoms with E-state index in [2.05, 4.69) is 10.3 Å². The van der Waals surface area contributed by atoms with Crippen LogP contribution >= 0.6 is 0 Å². The maximum absolute atomic E-state index is 10.8. The molecule has 0 unspecified atom stereocenters. The van der Waals surface area contributed by atoms with E-state index in [9.17, 15) is 9.59 Å². The summed E-state index contributed by atoms with van der Waals surface area (Å²) in [5.74, 6) is -1.52. The van der Waals surface area contributed by atoms with Crippen LogP contribution in [0.15, 0.2) is 18.2 Å². The molecule has 102 valence electrons. The summed E-state index contributed by atoms with van der Waals surface area (Å²) in [6, 6.07) is 4.96. The Labute approximate surface area is 110 Å². The van der Waals surface area contributed by atoms with Gasteiger partial charge in [-0.3, -0.25) is 4.79 Å². The molecule has 0 bridgehead atoms. The van der Waals surface area contributed by atoms with Gasteiger partial charge in [0.2, 0.25) is 0 Å². The van der Waals surface area contributed by atoms with Crippen molar-refractivity contribution in [3.05, 3.63) is 23.9 Å². The molecule has 2 rings (SSSR count). The number of carbonyl (C=O) groups is 2. The van der Waals surface area contributed by atoms with Crippen LogP contribution in [-0.2, 0) is 4.79 Å². The van der Waals surface area contributed by atoms with E-state index in [1.165, 1.54) is 6.07 Å². The van der Waals surface area contributed by atoms with Gasteiger partial charge in [-0.1, -0.05) is 6.07 Å². The lowest BCUT2D eigenvalue weighted by atomic mass is 9.86. The third-order valence-electron chi connectivity index (χ3n) is 3.40. The number of hydrogen-bond donors (Lipinski definition) is 3. The van der Waals surface area contributed by atoms with Gasteiger partial charge in [-0.2, -0.15) is 0 Å². The third-order valence-corrected chi connectivity index (χ3v) is 3.40. The maximum Gasteiger partial charge on any atom is 0.354 e. The number of rotatable bonds is 4. The summed E-state index contributed by atoms with van der Waals surface area (Å²) in [5, 5.41) is 20.9. The van der Waals surface area contributed by atoms with Crippen molar-refractivity contribution in [2.75, 3.05) is 5.32 Å². The van der Waals surface area contributed by atoms with E-state index in [-0.39, 0.29) is 17.7 Å². The van der Waals surface area contributed by atoms with Crippen molar-refractivity contribution in [1.29, 1.82) is 0 Å². The second kappa shape index (κ2) is 5.69. The fourth-order valence-electron chi connectivity index (χ4n) is 2.33. The third kappa shape index (κ3) is 3.43. The van der Waals surface area contributed by atoms with Crippen LogP contribution in [0.1, 0.15) is 36.2 Å². The van der Waals surface area contributed by atoms with E-state index < -0.39 is 11.9 Å². The normalized spacial score (nSPS) is 22.7. The van der Waals surface area contributed by atoms with E-state index in [4.69, 9.17) is 10.2 Å². The maximum atomic E-state index is 10.8. The molecule has 6 heteroatoms. The minimum atomic E-state index is -1.06. The van der Waals surface area contributed by atoms with Crippen LogP contribution in [-0.4, -0.2) is 33.2 Å². The molecule has 0 radical (unpaired) electrons. The monoisotopic (exact) mass is 264 g/mol. The quantitative estimate of drug-likeness (QED) is 0.767. The number of aromatic nitrogens is 1. The van der Waals surface area contributed by atoms with Crippen LogP contribution in [0.3, 0.4) is 0 Å². The molecule has 1 aliphatic carbocycles. The molecular weight excluding hydrogens is 248 g/mol. The Morgan fingerprint density at radius 3 is 2.42 bits per heavy atom. The fourth-order valence-corrected chi connectivity index (χ4v) is 2.33. The number of nitrogens with zero attached hydrogens (tertiary/aromatic N) is 1. The summed E-state index contributed by atoms with van der Waals surface area (Å²) in [5.41, 5.74) is 0.00391. The number of pyridine rings is 1. The van der Waals surface area contributed by atoms with Gasteiger partial charge in [-0.25, -0.2) is 9.78 Å². The number of carboxylic acids is 2. The van der Waals surface area contributed by atoms with Gasteiger partial charge in [0.15, 0.2) is 5.69 Å². The number of hydrogen-bond acceptors (Lipinski definition) is 4. The highest BCUT2D eigenvalue weighted by Crippen LogP contribution is 2.26. The summed E-state index contributed by atoms with van der Waals surface area (Å²) in [7, 11) is 0. The van der Waals surface area contributed by atoms with Crippen molar-refractivity contribution in [1.82, 2.24) is 4.98 Å². The van der Waals surface area contributed by atoms with Crippen LogP contribution in [0.4, 0.5) is 5.82 Å². The summed E-state index contributed by atoms with van der Waals surface area (Å²) in [4.78, 5) is 25.6. The highest BCUT2D eigenvalue weighted by molar-refractivity contribution is 5.85. The average Bonchev–Trinajstić information content (AvgIpc) is 2.39. The van der Waals surface area contributed by atoms with E-state index in [1.54, 1.807) is 12.1 Å². The van der Waals surface area contributed by atoms with E-state index in [0.29, 0.717) is 18.7 Å². The van der Waals surface area contributed by atoms with Gasteiger partial charge in [-0.05, 0) is 37.8 Å². The Balaban J connectivity index is 1.94. The molecule has 1 heterocycles. The summed E-state index contributed by atoms with van der Waals surface area (Å²) < 4.78 is 0. The predicted molar refractivity (Wildman–Crippen MR) is 68.2 cm³/mol. The molecule has 1 aromatic rings. The standard InChI is InChI=1S/C13H16N2O4/c16-12(17)8-4-6-9(7-5-8)14-11-3-1-2-10(15-11)13(18)19/h1-3,8-9H,4-7H2,(H,14,15)(H,16,17)(H,18,19). The van der Waals surface area contributed by atoms with Gasteiger partial charge < -0.3 is 15.5 Å². The summed E-state index contributed by atoms with van der Waals surface area (Å²) in [6.07, 6.45) is 2.81. The Morgan fingerprint density at radius 1 is 1.16 bits per heavy atom. The molecule has 1 aliphatic rings. The lowest BCUT2D eigenvalue weighted by Gasteiger charge is -2.27. The first-order valence-corrected chi connectivity index (χ1v) is 6.26. The van der Waals surface area contributed by atoms with E-state index in [0.717, 1.165) is 12.8 Å². The number of anilines is 1. The van der Waals surface area contributed by atoms with Crippen LogP contribution in [0.25, 0.3) is 0 Å². The summed E-state index contributed by atoms with van der Waals surface area (Å²) in [6.45, 7) is 0. The molecule has 0 amide bonds. The van der Waals surface area contributed by atoms with Crippen molar-refractivity contribution in [3.8, 4) is 0 Å². The molecule has 6 nitrogen and oxygen atoms in total. The SMILES string of the molecule is O=C(O)c1cccc(NC2CCC(C(=O)O)CC2)n1. The largest absolute Gasteiger partial charge is 0.481 e. The van der Waals surface area contributed by atoms with Gasteiger partial charge in [0.25, 0.3) is 0 Å². The van der Waals surface area contributed by atoms with E-state index in [1.807, 2.05) is 0 Å². The molecule has 0 aliphatic heterocycles. The van der Waals surface area contributed by atoms with Crippen molar-refractivity contribution >= 4 is 17.8 Å². The second-order valence-electron chi connectivity index (χ2n) is 4.74. The average molecular weight is 264 g/mol. The first kappa shape index (κ1) is 13.3. The molecule has 1 fully saturated rings. The van der Waals surface area contributed by atoms with Crippen LogP contribution in [0.2, 0.25) is 0 Å². The molecule has 3 N–H and O–H groups in total. The smallest absolute Gasteiger partial charge is 0.354 e. The first-order valence-electron chi connectivity index (χ1n) is 6.26. The van der Waals surface area contributed by atoms with Gasteiger partial charge in [0.05, 0.1) is 5.92 Å². The molecule has 1 aromatic heterocycles. The Morgan fingerprint density at radius 2 is 1.84 bits per heavy atom. The highest BCUT2D eigenvalue weighted by Gasteiger charge is 2.25. The van der Waals surface area contributed by atoms with Crippen molar-refractivity contribution < 1.29 is 19.8 Å². The fraction of sp³-hybridized carbons (Fsp3) is 0.462. The lowest BCUT2D eigenvalue weighted by molar-refractivity contribution is -0.142. The van der Waals surface area contributed by atoms with Crippen LogP contribution in [0.5, 0.6) is 0 Å². The van der Waals surface area contributed by atoms with Gasteiger partial charge in [-0.15, -0.1) is 0 Å². The van der Waals surface area contributed by atoms with Crippen molar-refractivity contribution in [2.45, 2.75) is 31.7 Å². The van der Waals surface area contributed by atoms with Gasteiger partial charge >= 0.3 is 11.9 Å². The zero-order chi connectivity index (χ0) is 13.8. The Bertz CT molecular complexity index is 481. The topological polar surface area (TPSA) is 99.5 Å². The number of aromatic carboxylic acids is 1. The molecule has 19 heavy (non-hydrogen) atoms. The van der Waals surface area contributed by atoms with Crippen molar-refractivity contribution in [3.63, 3.8) is 0 Å². The number of carboxylic acid groups (broad SMARTS) is 2. The molecule has 1 saturated carbocycles. The predicted octanol–water partition coefficient (Wildman–Crippen LogP) is 1.84. The molecule has 0 atom stereocenters. The minimum Gasteiger partial charge on any atom is -0.481 e. The number of aliphatic carboxylic acids is 1. The Kier molecular flexibility index (Phi) is 3.99. The lowest BCUT2D eigenvalue weighted by Crippen LogP contribution is -2.29. The highest BCUT2D eigenvalue weighted by atomic mass is 16.4. The molecule has 0 saturated heterocycles. The zero-order valence-electron chi connectivity index (χ0n) is 10.4. The number of nitrogens with one attached hydrogen (secondary N) is 1. The molecular formula is C13H16N2O4. The second-order valence-corrected chi connectivity index (χ2v) is 4.74. The first-order chi connectivity index (χ1) is 9.06. The van der Waals surface area contributed by atoms with Crippen LogP contribution in [0, 0.1) is 5.92 Å². The van der Waals surface area contributed by atoms with Gasteiger partial charge in [0, 0.05) is 6.04 Å². The Hall–Kier alpha value is -2.11. The molecule has 0 spiro atoms.